The fourth-order valence-electron chi connectivity index (χ4n) is 1.48. The number of nitrogen functional groups attached to an aromatic ring is 1. The topological polar surface area (TPSA) is 68.0 Å². The molecule has 0 saturated heterocycles. The van der Waals surface area contributed by atoms with Crippen molar-refractivity contribution in [3.05, 3.63) is 58.2 Å². The number of carbonyl (C=O) groups excluding carboxylic acids is 1. The highest BCUT2D eigenvalue weighted by molar-refractivity contribution is 9.10. The minimum atomic E-state index is -0.160. The van der Waals surface area contributed by atoms with E-state index >= 15 is 0 Å². The van der Waals surface area contributed by atoms with Gasteiger partial charge in [0, 0.05) is 22.8 Å². The Morgan fingerprint density at radius 2 is 2.00 bits per heavy atom. The van der Waals surface area contributed by atoms with Gasteiger partial charge in [-0.25, -0.2) is 4.98 Å². The molecule has 0 fully saturated rings. The Bertz CT molecular complexity index is 554. The number of nitrogens with two attached hydrogens (primary N) is 1. The first-order chi connectivity index (χ1) is 8.65. The number of anilines is 1. The first kappa shape index (κ1) is 12.6. The van der Waals surface area contributed by atoms with Gasteiger partial charge in [0.25, 0.3) is 5.91 Å². The van der Waals surface area contributed by atoms with Crippen molar-refractivity contribution >= 4 is 27.7 Å². The van der Waals surface area contributed by atoms with Crippen molar-refractivity contribution in [3.8, 4) is 0 Å². The predicted molar refractivity (Wildman–Crippen MR) is 74.0 cm³/mol. The van der Waals surface area contributed by atoms with E-state index in [9.17, 15) is 4.79 Å². The number of hydrogen-bond donors (Lipinski definition) is 2. The maximum atomic E-state index is 11.8. The summed E-state index contributed by atoms with van der Waals surface area (Å²) in [5.41, 5.74) is 7.07. The van der Waals surface area contributed by atoms with Gasteiger partial charge in [-0.15, -0.1) is 0 Å². The highest BCUT2D eigenvalue weighted by atomic mass is 79.9. The lowest BCUT2D eigenvalue weighted by atomic mass is 10.2. The number of aromatic nitrogens is 1. The van der Waals surface area contributed by atoms with Crippen molar-refractivity contribution in [1.82, 2.24) is 10.3 Å². The minimum absolute atomic E-state index is 0.160. The molecule has 1 amide bonds. The number of pyridine rings is 1. The van der Waals surface area contributed by atoms with E-state index in [0.717, 1.165) is 10.0 Å². The fraction of sp³-hybridized carbons (Fsp3) is 0.0769. The Morgan fingerprint density at radius 3 is 2.67 bits per heavy atom. The molecule has 18 heavy (non-hydrogen) atoms. The van der Waals surface area contributed by atoms with Gasteiger partial charge in [-0.1, -0.05) is 28.1 Å². The van der Waals surface area contributed by atoms with Crippen LogP contribution in [-0.4, -0.2) is 10.9 Å². The van der Waals surface area contributed by atoms with Crippen molar-refractivity contribution in [2.75, 3.05) is 5.73 Å². The largest absolute Gasteiger partial charge is 0.384 e. The lowest BCUT2D eigenvalue weighted by Crippen LogP contribution is -2.22. The normalized spacial score (nSPS) is 10.1. The summed E-state index contributed by atoms with van der Waals surface area (Å²) in [6.45, 7) is 0.480. The van der Waals surface area contributed by atoms with Crippen molar-refractivity contribution in [3.63, 3.8) is 0 Å². The molecule has 2 aromatic rings. The lowest BCUT2D eigenvalue weighted by molar-refractivity contribution is 0.0951. The van der Waals surface area contributed by atoms with Gasteiger partial charge in [0.15, 0.2) is 0 Å². The zero-order valence-corrected chi connectivity index (χ0v) is 11.1. The van der Waals surface area contributed by atoms with E-state index in [1.165, 1.54) is 6.20 Å². The molecule has 0 aliphatic heterocycles. The second kappa shape index (κ2) is 5.64. The van der Waals surface area contributed by atoms with E-state index in [1.807, 2.05) is 24.3 Å². The first-order valence-corrected chi connectivity index (χ1v) is 6.18. The summed E-state index contributed by atoms with van der Waals surface area (Å²) in [7, 11) is 0. The van der Waals surface area contributed by atoms with E-state index in [2.05, 4.69) is 26.2 Å². The van der Waals surface area contributed by atoms with E-state index in [4.69, 9.17) is 5.73 Å². The molecule has 92 valence electrons. The monoisotopic (exact) mass is 305 g/mol. The van der Waals surface area contributed by atoms with E-state index < -0.39 is 0 Å². The molecule has 0 radical (unpaired) electrons. The van der Waals surface area contributed by atoms with Gasteiger partial charge in [0.2, 0.25) is 0 Å². The molecule has 1 heterocycles. The number of carbonyl (C=O) groups is 1. The maximum absolute atomic E-state index is 11.8. The molecule has 0 atom stereocenters. The highest BCUT2D eigenvalue weighted by Gasteiger charge is 2.05. The number of nitrogens with zero attached hydrogens (tertiary/aromatic N) is 1. The summed E-state index contributed by atoms with van der Waals surface area (Å²) in [5, 5.41) is 2.82. The molecule has 0 unspecified atom stereocenters. The van der Waals surface area contributed by atoms with Gasteiger partial charge < -0.3 is 11.1 Å². The summed E-state index contributed by atoms with van der Waals surface area (Å²) >= 11 is 3.36. The molecular weight excluding hydrogens is 294 g/mol. The van der Waals surface area contributed by atoms with Gasteiger partial charge in [-0.3, -0.25) is 4.79 Å². The number of nitrogens with one attached hydrogen (secondary N) is 1. The number of hydrogen-bond acceptors (Lipinski definition) is 3. The van der Waals surface area contributed by atoms with Crippen LogP contribution in [-0.2, 0) is 6.54 Å². The SMILES string of the molecule is Nc1cc(C(=O)NCc2ccc(Br)cc2)ccn1. The Balaban J connectivity index is 1.98. The van der Waals surface area contributed by atoms with Gasteiger partial charge in [0.05, 0.1) is 0 Å². The van der Waals surface area contributed by atoms with Crippen molar-refractivity contribution in [1.29, 1.82) is 0 Å². The van der Waals surface area contributed by atoms with Crippen LogP contribution in [0.4, 0.5) is 5.82 Å². The van der Waals surface area contributed by atoms with Gasteiger partial charge in [-0.2, -0.15) is 0 Å². The first-order valence-electron chi connectivity index (χ1n) is 5.39. The fourth-order valence-corrected chi connectivity index (χ4v) is 1.74. The van der Waals surface area contributed by atoms with Crippen LogP contribution in [0, 0.1) is 0 Å². The molecule has 0 spiro atoms. The summed E-state index contributed by atoms with van der Waals surface area (Å²) in [6.07, 6.45) is 1.52. The average Bonchev–Trinajstić information content (AvgIpc) is 2.38. The summed E-state index contributed by atoms with van der Waals surface area (Å²) < 4.78 is 1.01. The second-order valence-corrected chi connectivity index (χ2v) is 4.69. The van der Waals surface area contributed by atoms with Gasteiger partial charge >= 0.3 is 0 Å². The Morgan fingerprint density at radius 1 is 1.28 bits per heavy atom. The van der Waals surface area contributed by atoms with Crippen LogP contribution in [0.1, 0.15) is 15.9 Å². The number of rotatable bonds is 3. The molecular formula is C13H12BrN3O. The van der Waals surface area contributed by atoms with Crippen molar-refractivity contribution < 1.29 is 4.79 Å². The number of amides is 1. The van der Waals surface area contributed by atoms with Crippen LogP contribution in [0.5, 0.6) is 0 Å². The summed E-state index contributed by atoms with van der Waals surface area (Å²) in [5.74, 6) is 0.179. The molecule has 0 bridgehead atoms. The lowest BCUT2D eigenvalue weighted by Gasteiger charge is -2.05. The molecule has 2 rings (SSSR count). The Kier molecular flexibility index (Phi) is 3.94. The molecule has 5 heteroatoms. The van der Waals surface area contributed by atoms with Crippen LogP contribution in [0.2, 0.25) is 0 Å². The quantitative estimate of drug-likeness (QED) is 0.914. The second-order valence-electron chi connectivity index (χ2n) is 3.78. The average molecular weight is 306 g/mol. The third-order valence-corrected chi connectivity index (χ3v) is 2.94. The third kappa shape index (κ3) is 3.30. The van der Waals surface area contributed by atoms with Gasteiger partial charge in [0.1, 0.15) is 5.82 Å². The van der Waals surface area contributed by atoms with Crippen molar-refractivity contribution in [2.45, 2.75) is 6.54 Å². The molecule has 0 saturated carbocycles. The van der Waals surface area contributed by atoms with Crippen LogP contribution in [0.3, 0.4) is 0 Å². The predicted octanol–water partition coefficient (Wildman–Crippen LogP) is 2.36. The zero-order chi connectivity index (χ0) is 13.0. The smallest absolute Gasteiger partial charge is 0.251 e. The summed E-state index contributed by atoms with van der Waals surface area (Å²) in [4.78, 5) is 15.7. The van der Waals surface area contributed by atoms with Crippen LogP contribution >= 0.6 is 15.9 Å². The standard InChI is InChI=1S/C13H12BrN3O/c14-11-3-1-9(2-4-11)8-17-13(18)10-5-6-16-12(15)7-10/h1-7H,8H2,(H2,15,16)(H,17,18). The number of halogens is 1. The van der Waals surface area contributed by atoms with E-state index in [0.29, 0.717) is 17.9 Å². The molecule has 3 N–H and O–H groups in total. The molecule has 1 aromatic heterocycles. The summed E-state index contributed by atoms with van der Waals surface area (Å²) in [6, 6.07) is 11.0. The van der Waals surface area contributed by atoms with Crippen LogP contribution < -0.4 is 11.1 Å². The Hall–Kier alpha value is -1.88. The third-order valence-electron chi connectivity index (χ3n) is 2.41. The zero-order valence-electron chi connectivity index (χ0n) is 9.56. The molecule has 0 aliphatic carbocycles. The molecule has 4 nitrogen and oxygen atoms in total. The van der Waals surface area contributed by atoms with Crippen LogP contribution in [0.15, 0.2) is 47.1 Å². The van der Waals surface area contributed by atoms with Crippen molar-refractivity contribution in [2.24, 2.45) is 0 Å². The minimum Gasteiger partial charge on any atom is -0.384 e. The maximum Gasteiger partial charge on any atom is 0.251 e. The number of benzene rings is 1. The van der Waals surface area contributed by atoms with E-state index in [-0.39, 0.29) is 5.91 Å². The molecule has 1 aromatic carbocycles. The highest BCUT2D eigenvalue weighted by Crippen LogP contribution is 2.10. The van der Waals surface area contributed by atoms with Crippen LogP contribution in [0.25, 0.3) is 0 Å². The van der Waals surface area contributed by atoms with Gasteiger partial charge in [-0.05, 0) is 29.8 Å². The Labute approximate surface area is 113 Å². The molecule has 0 aliphatic rings. The van der Waals surface area contributed by atoms with E-state index in [1.54, 1.807) is 12.1 Å².